The summed E-state index contributed by atoms with van der Waals surface area (Å²) in [6.07, 6.45) is 0.670. The summed E-state index contributed by atoms with van der Waals surface area (Å²) < 4.78 is 10.8. The van der Waals surface area contributed by atoms with Crippen LogP contribution in [0.5, 0.6) is 11.5 Å². The van der Waals surface area contributed by atoms with Gasteiger partial charge in [-0.25, -0.2) is 4.79 Å². The fraction of sp³-hybridized carbons (Fsp3) is 0.111. The average Bonchev–Trinajstić information content (AvgIpc) is 2.60. The Morgan fingerprint density at radius 2 is 2.04 bits per heavy atom. The third-order valence-corrected chi connectivity index (χ3v) is 3.70. The molecule has 0 bridgehead atoms. The molecule has 0 atom stereocenters. The number of aryl methyl sites for hydroxylation is 1. The number of ether oxygens (including phenoxy) is 1. The van der Waals surface area contributed by atoms with E-state index in [-0.39, 0.29) is 22.7 Å². The van der Waals surface area contributed by atoms with Gasteiger partial charge in [-0.3, -0.25) is 10.1 Å². The zero-order valence-corrected chi connectivity index (χ0v) is 13.2. The topological polar surface area (TPSA) is 106 Å². The van der Waals surface area contributed by atoms with E-state index in [1.165, 1.54) is 24.3 Å². The van der Waals surface area contributed by atoms with Gasteiger partial charge in [0.1, 0.15) is 11.3 Å². The molecule has 0 saturated carbocycles. The molecule has 0 amide bonds. The first-order valence-electron chi connectivity index (χ1n) is 7.45. The largest absolute Gasteiger partial charge is 0.450 e. The second kappa shape index (κ2) is 6.45. The van der Waals surface area contributed by atoms with Crippen LogP contribution >= 0.6 is 0 Å². The first kappa shape index (κ1) is 16.2. The number of hydrogen-bond donors (Lipinski definition) is 0. The number of fused-ring (bicyclic) bond motifs is 1. The van der Waals surface area contributed by atoms with Gasteiger partial charge < -0.3 is 9.15 Å². The minimum atomic E-state index is -0.619. The lowest BCUT2D eigenvalue weighted by Gasteiger charge is -2.08. The molecule has 1 aromatic heterocycles. The van der Waals surface area contributed by atoms with E-state index in [1.807, 2.05) is 13.0 Å². The summed E-state index contributed by atoms with van der Waals surface area (Å²) in [5.41, 5.74) is 0.574. The second-order valence-electron chi connectivity index (χ2n) is 5.26. The normalized spacial score (nSPS) is 10.4. The molecular weight excluding hydrogens is 324 g/mol. The zero-order chi connectivity index (χ0) is 18.0. The van der Waals surface area contributed by atoms with Crippen LogP contribution in [0.4, 0.5) is 5.69 Å². The van der Waals surface area contributed by atoms with E-state index in [2.05, 4.69) is 0 Å². The van der Waals surface area contributed by atoms with Crippen LogP contribution in [-0.2, 0) is 6.42 Å². The summed E-state index contributed by atoms with van der Waals surface area (Å²) in [4.78, 5) is 22.2. The zero-order valence-electron chi connectivity index (χ0n) is 13.2. The molecular formula is C18H12N2O5. The predicted octanol–water partition coefficient (Wildman–Crippen LogP) is 3.93. The summed E-state index contributed by atoms with van der Waals surface area (Å²) in [5.74, 6) is 0.286. The Hall–Kier alpha value is -3.66. The Morgan fingerprint density at radius 1 is 1.24 bits per heavy atom. The van der Waals surface area contributed by atoms with Crippen molar-refractivity contribution in [3.8, 4) is 17.6 Å². The van der Waals surface area contributed by atoms with Crippen LogP contribution in [0.2, 0.25) is 0 Å². The van der Waals surface area contributed by atoms with Gasteiger partial charge in [-0.05, 0) is 36.2 Å². The van der Waals surface area contributed by atoms with Gasteiger partial charge >= 0.3 is 11.3 Å². The number of rotatable bonds is 4. The molecule has 0 aliphatic heterocycles. The van der Waals surface area contributed by atoms with Crippen LogP contribution in [0.25, 0.3) is 11.0 Å². The highest BCUT2D eigenvalue weighted by Crippen LogP contribution is 2.33. The van der Waals surface area contributed by atoms with Crippen LogP contribution in [-0.4, -0.2) is 4.92 Å². The predicted molar refractivity (Wildman–Crippen MR) is 89.7 cm³/mol. The summed E-state index contributed by atoms with van der Waals surface area (Å²) in [7, 11) is 0. The Kier molecular flexibility index (Phi) is 4.18. The van der Waals surface area contributed by atoms with E-state index < -0.39 is 10.5 Å². The van der Waals surface area contributed by atoms with Gasteiger partial charge in [0.05, 0.1) is 16.6 Å². The van der Waals surface area contributed by atoms with Crippen molar-refractivity contribution in [2.45, 2.75) is 13.3 Å². The van der Waals surface area contributed by atoms with Gasteiger partial charge in [0.25, 0.3) is 0 Å². The maximum absolute atomic E-state index is 11.6. The molecule has 124 valence electrons. The monoisotopic (exact) mass is 336 g/mol. The molecule has 0 spiro atoms. The van der Waals surface area contributed by atoms with Gasteiger partial charge in [0.15, 0.2) is 0 Å². The molecule has 0 N–H and O–H groups in total. The van der Waals surface area contributed by atoms with Crippen molar-refractivity contribution in [3.63, 3.8) is 0 Å². The lowest BCUT2D eigenvalue weighted by Crippen LogP contribution is -2.00. The smallest absolute Gasteiger partial charge is 0.336 e. The Balaban J connectivity index is 2.06. The molecule has 7 heteroatoms. The number of nitro benzene ring substituents is 1. The summed E-state index contributed by atoms with van der Waals surface area (Å²) in [6, 6.07) is 12.1. The van der Waals surface area contributed by atoms with Crippen LogP contribution in [0, 0.1) is 21.4 Å². The van der Waals surface area contributed by atoms with Crippen molar-refractivity contribution < 1.29 is 14.1 Å². The van der Waals surface area contributed by atoms with Crippen molar-refractivity contribution >= 4 is 16.7 Å². The second-order valence-corrected chi connectivity index (χ2v) is 5.26. The lowest BCUT2D eigenvalue weighted by molar-refractivity contribution is -0.385. The molecule has 0 unspecified atom stereocenters. The standard InChI is InChI=1S/C18H12N2O5/c1-2-12-8-18(21)25-17-9-13(4-5-14(12)17)24-16-6-3-11(10-19)7-15(16)20(22)23/h3-9H,2H2,1H3. The fourth-order valence-corrected chi connectivity index (χ4v) is 2.51. The summed E-state index contributed by atoms with van der Waals surface area (Å²) in [5, 5.41) is 20.8. The number of nitro groups is 1. The van der Waals surface area contributed by atoms with Crippen molar-refractivity contribution in [2.24, 2.45) is 0 Å². The number of nitriles is 1. The van der Waals surface area contributed by atoms with Gasteiger partial charge in [-0.1, -0.05) is 6.92 Å². The number of hydrogen-bond acceptors (Lipinski definition) is 6. The average molecular weight is 336 g/mol. The maximum Gasteiger partial charge on any atom is 0.336 e. The molecule has 0 saturated heterocycles. The van der Waals surface area contributed by atoms with Gasteiger partial charge in [0, 0.05) is 23.6 Å². The quantitative estimate of drug-likeness (QED) is 0.406. The highest BCUT2D eigenvalue weighted by molar-refractivity contribution is 5.81. The highest BCUT2D eigenvalue weighted by atomic mass is 16.6. The minimum Gasteiger partial charge on any atom is -0.450 e. The van der Waals surface area contributed by atoms with Crippen LogP contribution in [0.15, 0.2) is 51.7 Å². The van der Waals surface area contributed by atoms with Crippen LogP contribution in [0.1, 0.15) is 18.1 Å². The van der Waals surface area contributed by atoms with Crippen LogP contribution < -0.4 is 10.4 Å². The highest BCUT2D eigenvalue weighted by Gasteiger charge is 2.17. The SMILES string of the molecule is CCc1cc(=O)oc2cc(Oc3ccc(C#N)cc3[N+](=O)[O-])ccc12. The molecule has 1 heterocycles. The lowest BCUT2D eigenvalue weighted by atomic mass is 10.1. The van der Waals surface area contributed by atoms with E-state index in [9.17, 15) is 14.9 Å². The van der Waals surface area contributed by atoms with Crippen molar-refractivity contribution in [1.29, 1.82) is 5.26 Å². The van der Waals surface area contributed by atoms with E-state index in [0.29, 0.717) is 12.0 Å². The minimum absolute atomic E-state index is 0.00246. The molecule has 0 fully saturated rings. The molecule has 2 aromatic carbocycles. The molecule has 3 rings (SSSR count). The molecule has 25 heavy (non-hydrogen) atoms. The molecule has 0 radical (unpaired) electrons. The Labute approximate surface area is 141 Å². The van der Waals surface area contributed by atoms with E-state index in [0.717, 1.165) is 17.0 Å². The third-order valence-electron chi connectivity index (χ3n) is 3.70. The number of nitrogens with zero attached hydrogens (tertiary/aromatic N) is 2. The first-order chi connectivity index (χ1) is 12.0. The number of benzene rings is 2. The summed E-state index contributed by atoms with van der Waals surface area (Å²) >= 11 is 0. The van der Waals surface area contributed by atoms with E-state index in [4.69, 9.17) is 14.4 Å². The summed E-state index contributed by atoms with van der Waals surface area (Å²) in [6.45, 7) is 1.93. The van der Waals surface area contributed by atoms with Crippen LogP contribution in [0.3, 0.4) is 0 Å². The van der Waals surface area contributed by atoms with Gasteiger partial charge in [0.2, 0.25) is 5.75 Å². The van der Waals surface area contributed by atoms with E-state index >= 15 is 0 Å². The third kappa shape index (κ3) is 3.19. The van der Waals surface area contributed by atoms with Gasteiger partial charge in [-0.2, -0.15) is 5.26 Å². The van der Waals surface area contributed by atoms with Crippen molar-refractivity contribution in [1.82, 2.24) is 0 Å². The molecule has 0 aliphatic rings. The molecule has 7 nitrogen and oxygen atoms in total. The molecule has 0 aliphatic carbocycles. The van der Waals surface area contributed by atoms with E-state index in [1.54, 1.807) is 12.1 Å². The first-order valence-corrected chi connectivity index (χ1v) is 7.45. The Morgan fingerprint density at radius 3 is 2.72 bits per heavy atom. The maximum atomic E-state index is 11.6. The molecule has 3 aromatic rings. The Bertz CT molecular complexity index is 1080. The van der Waals surface area contributed by atoms with Crippen molar-refractivity contribution in [3.05, 3.63) is 74.1 Å². The fourth-order valence-electron chi connectivity index (χ4n) is 2.51. The van der Waals surface area contributed by atoms with Gasteiger partial charge in [-0.15, -0.1) is 0 Å². The van der Waals surface area contributed by atoms with Crippen molar-refractivity contribution in [2.75, 3.05) is 0 Å².